The van der Waals surface area contributed by atoms with E-state index in [9.17, 15) is 8.78 Å². The maximum absolute atomic E-state index is 13.5. The van der Waals surface area contributed by atoms with Crippen molar-refractivity contribution in [2.24, 2.45) is 0 Å². The summed E-state index contributed by atoms with van der Waals surface area (Å²) in [6.07, 6.45) is -0.507. The Morgan fingerprint density at radius 1 is 1.47 bits per heavy atom. The van der Waals surface area contributed by atoms with Gasteiger partial charge in [0, 0.05) is 12.6 Å². The molecule has 0 aliphatic heterocycles. The number of aromatic nitrogens is 3. The molecule has 0 fully saturated rings. The van der Waals surface area contributed by atoms with Gasteiger partial charge < -0.3 is 9.30 Å². The molecule has 7 heteroatoms. The fraction of sp³-hybridized carbons (Fsp3) is 0.333. The van der Waals surface area contributed by atoms with Crippen LogP contribution in [0, 0.1) is 16.4 Å². The van der Waals surface area contributed by atoms with Gasteiger partial charge in [-0.15, -0.1) is 0 Å². The van der Waals surface area contributed by atoms with Crippen LogP contribution in [0.2, 0.25) is 0 Å². The highest BCUT2D eigenvalue weighted by Crippen LogP contribution is 2.24. The third-order valence-electron chi connectivity index (χ3n) is 2.67. The molecule has 0 saturated heterocycles. The van der Waals surface area contributed by atoms with Crippen molar-refractivity contribution in [1.29, 1.82) is 0 Å². The number of benzene rings is 1. The molecule has 0 saturated carbocycles. The van der Waals surface area contributed by atoms with E-state index < -0.39 is 17.7 Å². The van der Waals surface area contributed by atoms with Crippen molar-refractivity contribution in [3.63, 3.8) is 0 Å². The third kappa shape index (κ3) is 2.81. The van der Waals surface area contributed by atoms with Gasteiger partial charge in [-0.25, -0.2) is 8.78 Å². The lowest BCUT2D eigenvalue weighted by Gasteiger charge is -2.15. The van der Waals surface area contributed by atoms with Gasteiger partial charge in [0.1, 0.15) is 5.82 Å². The van der Waals surface area contributed by atoms with Crippen LogP contribution < -0.4 is 4.74 Å². The summed E-state index contributed by atoms with van der Waals surface area (Å²) in [4.78, 5) is 0. The molecule has 0 radical (unpaired) electrons. The number of ether oxygens (including phenoxy) is 1. The van der Waals surface area contributed by atoms with Gasteiger partial charge in [-0.3, -0.25) is 5.10 Å². The van der Waals surface area contributed by atoms with Crippen LogP contribution in [0.1, 0.15) is 25.8 Å². The molecule has 0 aliphatic carbocycles. The first kappa shape index (κ1) is 13.7. The van der Waals surface area contributed by atoms with Crippen LogP contribution in [0.25, 0.3) is 0 Å². The molecule has 2 rings (SSSR count). The molecule has 0 bridgehead atoms. The van der Waals surface area contributed by atoms with E-state index in [-0.39, 0.29) is 5.75 Å². The summed E-state index contributed by atoms with van der Waals surface area (Å²) in [5.41, 5.74) is 0. The molecular weight excluding hydrogens is 272 g/mol. The molecule has 1 aromatic heterocycles. The maximum atomic E-state index is 13.5. The van der Waals surface area contributed by atoms with Gasteiger partial charge in [-0.2, -0.15) is 5.10 Å². The molecule has 1 aromatic carbocycles. The molecule has 19 heavy (non-hydrogen) atoms. The highest BCUT2D eigenvalue weighted by atomic mass is 32.1. The number of rotatable bonds is 4. The first-order chi connectivity index (χ1) is 9.02. The quantitative estimate of drug-likeness (QED) is 0.876. The summed E-state index contributed by atoms with van der Waals surface area (Å²) in [5, 5.41) is 6.71. The fourth-order valence-corrected chi connectivity index (χ4v) is 2.03. The van der Waals surface area contributed by atoms with Crippen molar-refractivity contribution in [3.05, 3.63) is 40.4 Å². The van der Waals surface area contributed by atoms with Crippen LogP contribution in [-0.2, 0) is 6.54 Å². The lowest BCUT2D eigenvalue weighted by Crippen LogP contribution is -2.12. The van der Waals surface area contributed by atoms with Crippen LogP contribution in [0.3, 0.4) is 0 Å². The lowest BCUT2D eigenvalue weighted by atomic mass is 10.3. The van der Waals surface area contributed by atoms with E-state index in [1.807, 2.05) is 6.92 Å². The van der Waals surface area contributed by atoms with Crippen LogP contribution >= 0.6 is 12.2 Å². The van der Waals surface area contributed by atoms with E-state index in [1.165, 1.54) is 6.07 Å². The van der Waals surface area contributed by atoms with Crippen molar-refractivity contribution >= 4 is 12.2 Å². The predicted molar refractivity (Wildman–Crippen MR) is 68.5 cm³/mol. The fourth-order valence-electron chi connectivity index (χ4n) is 1.76. The Morgan fingerprint density at radius 3 is 2.84 bits per heavy atom. The molecule has 102 valence electrons. The number of nitrogens with one attached hydrogen (secondary N) is 1. The number of nitrogens with zero attached hydrogens (tertiary/aromatic N) is 2. The predicted octanol–water partition coefficient (Wildman–Crippen LogP) is 3.38. The molecule has 2 aromatic rings. The van der Waals surface area contributed by atoms with E-state index in [0.717, 1.165) is 12.1 Å². The number of hydrogen-bond acceptors (Lipinski definition) is 3. The Bertz CT molecular complexity index is 638. The Balaban J connectivity index is 2.25. The summed E-state index contributed by atoms with van der Waals surface area (Å²) in [5.74, 6) is -0.848. The summed E-state index contributed by atoms with van der Waals surface area (Å²) >= 11 is 5.06. The van der Waals surface area contributed by atoms with Crippen molar-refractivity contribution in [2.75, 3.05) is 0 Å². The number of hydrogen-bond donors (Lipinski definition) is 1. The highest BCUT2D eigenvalue weighted by Gasteiger charge is 2.17. The average molecular weight is 285 g/mol. The van der Waals surface area contributed by atoms with Gasteiger partial charge in [-0.05, 0) is 38.2 Å². The van der Waals surface area contributed by atoms with Crippen LogP contribution in [0.4, 0.5) is 8.78 Å². The van der Waals surface area contributed by atoms with Crippen LogP contribution in [0.5, 0.6) is 5.75 Å². The van der Waals surface area contributed by atoms with Gasteiger partial charge in [0.15, 0.2) is 28.3 Å². The van der Waals surface area contributed by atoms with Gasteiger partial charge in [-0.1, -0.05) is 0 Å². The molecule has 0 amide bonds. The number of H-pyrrole nitrogens is 1. The molecule has 1 N–H and O–H groups in total. The second-order valence-corrected chi connectivity index (χ2v) is 4.35. The van der Waals surface area contributed by atoms with Crippen molar-refractivity contribution in [3.8, 4) is 5.75 Å². The minimum atomic E-state index is -0.746. The van der Waals surface area contributed by atoms with Gasteiger partial charge in [0.05, 0.1) is 0 Å². The highest BCUT2D eigenvalue weighted by molar-refractivity contribution is 7.71. The van der Waals surface area contributed by atoms with Crippen LogP contribution in [-0.4, -0.2) is 14.8 Å². The zero-order valence-corrected chi connectivity index (χ0v) is 11.3. The Labute approximate surface area is 114 Å². The van der Waals surface area contributed by atoms with E-state index >= 15 is 0 Å². The zero-order valence-electron chi connectivity index (χ0n) is 10.5. The van der Waals surface area contributed by atoms with Gasteiger partial charge >= 0.3 is 0 Å². The molecule has 0 spiro atoms. The van der Waals surface area contributed by atoms with E-state index in [2.05, 4.69) is 10.2 Å². The largest absolute Gasteiger partial charge is 0.480 e. The monoisotopic (exact) mass is 285 g/mol. The van der Waals surface area contributed by atoms with E-state index in [0.29, 0.717) is 17.1 Å². The molecular formula is C12H13F2N3OS. The molecule has 1 heterocycles. The second kappa shape index (κ2) is 5.48. The summed E-state index contributed by atoms with van der Waals surface area (Å²) in [7, 11) is 0. The molecule has 4 nitrogen and oxygen atoms in total. The Kier molecular flexibility index (Phi) is 3.94. The van der Waals surface area contributed by atoms with Gasteiger partial charge in [0.2, 0.25) is 0 Å². The van der Waals surface area contributed by atoms with Crippen LogP contribution in [0.15, 0.2) is 18.2 Å². The number of aromatic amines is 1. The Morgan fingerprint density at radius 2 is 2.21 bits per heavy atom. The Hall–Kier alpha value is -1.76. The summed E-state index contributed by atoms with van der Waals surface area (Å²) in [6, 6.07) is 3.17. The molecule has 0 unspecified atom stereocenters. The van der Waals surface area contributed by atoms with E-state index in [4.69, 9.17) is 17.0 Å². The SMILES string of the molecule is CCn1c([C@H](C)Oc2ccc(F)cc2F)n[nH]c1=S. The lowest BCUT2D eigenvalue weighted by molar-refractivity contribution is 0.201. The zero-order chi connectivity index (χ0) is 14.0. The van der Waals surface area contributed by atoms with E-state index in [1.54, 1.807) is 11.5 Å². The van der Waals surface area contributed by atoms with Crippen molar-refractivity contribution < 1.29 is 13.5 Å². The third-order valence-corrected chi connectivity index (χ3v) is 2.98. The average Bonchev–Trinajstić information content (AvgIpc) is 2.74. The second-order valence-electron chi connectivity index (χ2n) is 3.97. The van der Waals surface area contributed by atoms with Crippen molar-refractivity contribution in [2.45, 2.75) is 26.5 Å². The smallest absolute Gasteiger partial charge is 0.195 e. The minimum Gasteiger partial charge on any atom is -0.480 e. The van der Waals surface area contributed by atoms with Crippen molar-refractivity contribution in [1.82, 2.24) is 14.8 Å². The topological polar surface area (TPSA) is 42.8 Å². The minimum absolute atomic E-state index is 0.0227. The first-order valence-corrected chi connectivity index (χ1v) is 6.20. The molecule has 0 aliphatic rings. The van der Waals surface area contributed by atoms with Gasteiger partial charge in [0.25, 0.3) is 0 Å². The maximum Gasteiger partial charge on any atom is 0.195 e. The summed E-state index contributed by atoms with van der Waals surface area (Å²) < 4.78 is 34.0. The summed E-state index contributed by atoms with van der Waals surface area (Å²) in [6.45, 7) is 4.27. The normalized spacial score (nSPS) is 12.4. The molecule has 1 atom stereocenters. The standard InChI is InChI=1S/C12H13F2N3OS/c1-3-17-11(15-16-12(17)19)7(2)18-10-5-4-8(13)6-9(10)14/h4-7H,3H2,1-2H3,(H,16,19)/t7-/m0/s1. The number of halogens is 2. The first-order valence-electron chi connectivity index (χ1n) is 5.79.